The highest BCUT2D eigenvalue weighted by Gasteiger charge is 2.04. The zero-order valence-electron chi connectivity index (χ0n) is 9.14. The molecule has 0 bridgehead atoms. The Morgan fingerprint density at radius 1 is 1.67 bits per heavy atom. The number of rotatable bonds is 6. The number of aromatic nitrogens is 2. The highest BCUT2D eigenvalue weighted by atomic mass is 32.1. The number of nitrogens with zero attached hydrogens (tertiary/aromatic N) is 2. The number of nitrogens with two attached hydrogens (primary N) is 1. The third-order valence-electron chi connectivity index (χ3n) is 1.86. The summed E-state index contributed by atoms with van der Waals surface area (Å²) in [6.07, 6.45) is 3.55. The Labute approximate surface area is 95.4 Å². The Morgan fingerprint density at radius 3 is 3.00 bits per heavy atom. The predicted molar refractivity (Wildman–Crippen MR) is 63.8 cm³/mol. The third-order valence-corrected chi connectivity index (χ3v) is 2.05. The van der Waals surface area contributed by atoms with E-state index in [1.807, 2.05) is 10.8 Å². The highest BCUT2D eigenvalue weighted by molar-refractivity contribution is 7.80. The maximum Gasteiger partial charge on any atom is 0.167 e. The quantitative estimate of drug-likeness (QED) is 0.586. The highest BCUT2D eigenvalue weighted by Crippen LogP contribution is 1.98. The summed E-state index contributed by atoms with van der Waals surface area (Å²) in [5, 5.41) is 0. The van der Waals surface area contributed by atoms with Crippen LogP contribution in [0.4, 0.5) is 0 Å². The molecule has 84 valence electrons. The summed E-state index contributed by atoms with van der Waals surface area (Å²) in [4.78, 5) is 4.39. The molecular formula is C10H17N3OS. The predicted octanol–water partition coefficient (Wildman–Crippen LogP) is 1.19. The molecule has 0 amide bonds. The Kier molecular flexibility index (Phi) is 4.71. The standard InChI is InChI=1S/C10H17N3OS/c1-8(2)7-14-6-5-13-4-3-12-10(13)9(11)15/h3-4,8H,5-7H2,1-2H3,(H2,11,15). The van der Waals surface area contributed by atoms with Gasteiger partial charge in [0, 0.05) is 25.5 Å². The van der Waals surface area contributed by atoms with Gasteiger partial charge in [0.25, 0.3) is 0 Å². The van der Waals surface area contributed by atoms with Gasteiger partial charge in [-0.3, -0.25) is 0 Å². The number of thiocarbonyl (C=S) groups is 1. The Balaban J connectivity index is 2.37. The van der Waals surface area contributed by atoms with Crippen molar-refractivity contribution in [3.63, 3.8) is 0 Å². The van der Waals surface area contributed by atoms with E-state index in [1.54, 1.807) is 6.20 Å². The fourth-order valence-corrected chi connectivity index (χ4v) is 1.37. The van der Waals surface area contributed by atoms with Gasteiger partial charge in [-0.1, -0.05) is 26.1 Å². The fraction of sp³-hybridized carbons (Fsp3) is 0.600. The van der Waals surface area contributed by atoms with Crippen LogP contribution in [-0.4, -0.2) is 27.8 Å². The van der Waals surface area contributed by atoms with Crippen molar-refractivity contribution in [3.05, 3.63) is 18.2 Å². The van der Waals surface area contributed by atoms with E-state index in [-0.39, 0.29) is 0 Å². The Morgan fingerprint density at radius 2 is 2.40 bits per heavy atom. The van der Waals surface area contributed by atoms with Crippen molar-refractivity contribution in [2.75, 3.05) is 13.2 Å². The van der Waals surface area contributed by atoms with Crippen LogP contribution in [0, 0.1) is 5.92 Å². The molecule has 0 aliphatic rings. The van der Waals surface area contributed by atoms with Crippen LogP contribution in [0.25, 0.3) is 0 Å². The monoisotopic (exact) mass is 227 g/mol. The van der Waals surface area contributed by atoms with Gasteiger partial charge in [0.1, 0.15) is 4.99 Å². The molecule has 0 aromatic carbocycles. The fourth-order valence-electron chi connectivity index (χ4n) is 1.20. The molecule has 0 spiro atoms. The first-order valence-electron chi connectivity index (χ1n) is 5.00. The topological polar surface area (TPSA) is 53.1 Å². The summed E-state index contributed by atoms with van der Waals surface area (Å²) in [6.45, 7) is 6.41. The van der Waals surface area contributed by atoms with E-state index in [1.165, 1.54) is 0 Å². The van der Waals surface area contributed by atoms with E-state index in [2.05, 4.69) is 18.8 Å². The molecular weight excluding hydrogens is 210 g/mol. The number of hydrogen-bond donors (Lipinski definition) is 1. The van der Waals surface area contributed by atoms with Gasteiger partial charge in [0.2, 0.25) is 0 Å². The molecule has 0 atom stereocenters. The average molecular weight is 227 g/mol. The average Bonchev–Trinajstić information content (AvgIpc) is 2.60. The van der Waals surface area contributed by atoms with Gasteiger partial charge in [-0.2, -0.15) is 0 Å². The van der Waals surface area contributed by atoms with Crippen molar-refractivity contribution in [2.24, 2.45) is 11.7 Å². The second kappa shape index (κ2) is 5.82. The maximum absolute atomic E-state index is 5.52. The molecule has 1 aromatic heterocycles. The molecule has 0 aliphatic carbocycles. The van der Waals surface area contributed by atoms with E-state index in [0.717, 1.165) is 13.2 Å². The van der Waals surface area contributed by atoms with E-state index < -0.39 is 0 Å². The Bertz CT molecular complexity index is 322. The lowest BCUT2D eigenvalue weighted by molar-refractivity contribution is 0.103. The molecule has 1 rings (SSSR count). The molecule has 4 nitrogen and oxygen atoms in total. The molecule has 15 heavy (non-hydrogen) atoms. The van der Waals surface area contributed by atoms with Crippen molar-refractivity contribution >= 4 is 17.2 Å². The maximum atomic E-state index is 5.52. The van der Waals surface area contributed by atoms with E-state index >= 15 is 0 Å². The van der Waals surface area contributed by atoms with E-state index in [4.69, 9.17) is 22.7 Å². The van der Waals surface area contributed by atoms with Crippen molar-refractivity contribution in [3.8, 4) is 0 Å². The van der Waals surface area contributed by atoms with Crippen LogP contribution < -0.4 is 5.73 Å². The molecule has 0 saturated carbocycles. The molecule has 5 heteroatoms. The molecule has 1 heterocycles. The van der Waals surface area contributed by atoms with Gasteiger partial charge in [-0.15, -0.1) is 0 Å². The molecule has 0 aliphatic heterocycles. The van der Waals surface area contributed by atoms with Crippen LogP contribution in [0.5, 0.6) is 0 Å². The molecule has 1 aromatic rings. The Hall–Kier alpha value is -0.940. The SMILES string of the molecule is CC(C)COCCn1ccnc1C(N)=S. The molecule has 0 saturated heterocycles. The van der Waals surface area contributed by atoms with Crippen LogP contribution in [0.3, 0.4) is 0 Å². The summed E-state index contributed by atoms with van der Waals surface area (Å²) in [7, 11) is 0. The van der Waals surface area contributed by atoms with Crippen molar-refractivity contribution in [1.82, 2.24) is 9.55 Å². The zero-order valence-corrected chi connectivity index (χ0v) is 9.96. The smallest absolute Gasteiger partial charge is 0.167 e. The lowest BCUT2D eigenvalue weighted by Crippen LogP contribution is -2.19. The first kappa shape index (κ1) is 12.1. The summed E-state index contributed by atoms with van der Waals surface area (Å²) >= 11 is 4.88. The summed E-state index contributed by atoms with van der Waals surface area (Å²) in [5.41, 5.74) is 5.52. The van der Waals surface area contributed by atoms with Gasteiger partial charge in [0.05, 0.1) is 6.61 Å². The van der Waals surface area contributed by atoms with Gasteiger partial charge >= 0.3 is 0 Å². The van der Waals surface area contributed by atoms with Gasteiger partial charge in [0.15, 0.2) is 5.82 Å². The van der Waals surface area contributed by atoms with Gasteiger partial charge < -0.3 is 15.0 Å². The van der Waals surface area contributed by atoms with Crippen LogP contribution in [0.15, 0.2) is 12.4 Å². The minimum atomic E-state index is 0.323. The zero-order chi connectivity index (χ0) is 11.3. The van der Waals surface area contributed by atoms with Crippen molar-refractivity contribution in [1.29, 1.82) is 0 Å². The van der Waals surface area contributed by atoms with Crippen LogP contribution in [0.2, 0.25) is 0 Å². The van der Waals surface area contributed by atoms with Gasteiger partial charge in [-0.05, 0) is 5.92 Å². The molecule has 0 radical (unpaired) electrons. The lowest BCUT2D eigenvalue weighted by Gasteiger charge is -2.09. The first-order valence-corrected chi connectivity index (χ1v) is 5.40. The van der Waals surface area contributed by atoms with Crippen molar-refractivity contribution in [2.45, 2.75) is 20.4 Å². The second-order valence-electron chi connectivity index (χ2n) is 3.78. The van der Waals surface area contributed by atoms with E-state index in [9.17, 15) is 0 Å². The minimum absolute atomic E-state index is 0.323. The normalized spacial score (nSPS) is 10.9. The summed E-state index contributed by atoms with van der Waals surface area (Å²) < 4.78 is 7.38. The first-order chi connectivity index (χ1) is 7.11. The van der Waals surface area contributed by atoms with Crippen LogP contribution in [-0.2, 0) is 11.3 Å². The minimum Gasteiger partial charge on any atom is -0.387 e. The van der Waals surface area contributed by atoms with Crippen LogP contribution >= 0.6 is 12.2 Å². The molecule has 2 N–H and O–H groups in total. The second-order valence-corrected chi connectivity index (χ2v) is 4.22. The molecule has 0 unspecified atom stereocenters. The largest absolute Gasteiger partial charge is 0.387 e. The van der Waals surface area contributed by atoms with Crippen molar-refractivity contribution < 1.29 is 4.74 Å². The van der Waals surface area contributed by atoms with Gasteiger partial charge in [-0.25, -0.2) is 4.98 Å². The number of ether oxygens (including phenoxy) is 1. The van der Waals surface area contributed by atoms with E-state index in [0.29, 0.717) is 23.3 Å². The molecule has 0 fully saturated rings. The number of imidazole rings is 1. The summed E-state index contributed by atoms with van der Waals surface area (Å²) in [5.74, 6) is 1.21. The summed E-state index contributed by atoms with van der Waals surface area (Å²) in [6, 6.07) is 0. The third kappa shape index (κ3) is 3.97. The lowest BCUT2D eigenvalue weighted by atomic mass is 10.2. The van der Waals surface area contributed by atoms with Crippen LogP contribution in [0.1, 0.15) is 19.7 Å². The number of hydrogen-bond acceptors (Lipinski definition) is 3.